The molecule has 0 fully saturated rings. The fourth-order valence-electron chi connectivity index (χ4n) is 2.00. The van der Waals surface area contributed by atoms with Gasteiger partial charge in [-0.15, -0.1) is 0 Å². The molecule has 1 aromatic heterocycles. The molecule has 108 valence electrons. The zero-order valence-corrected chi connectivity index (χ0v) is 14.0. The highest BCUT2D eigenvalue weighted by atomic mass is 35.5. The normalized spacial score (nSPS) is 11.0. The van der Waals surface area contributed by atoms with E-state index in [1.165, 1.54) is 0 Å². The lowest BCUT2D eigenvalue weighted by atomic mass is 10.1. The number of anilines is 1. The summed E-state index contributed by atoms with van der Waals surface area (Å²) in [5, 5.41) is 6.28. The Bertz CT molecular complexity index is 786. The van der Waals surface area contributed by atoms with Gasteiger partial charge in [0.1, 0.15) is 0 Å². The van der Waals surface area contributed by atoms with E-state index in [1.54, 1.807) is 17.4 Å². The molecule has 0 aliphatic carbocycles. The van der Waals surface area contributed by atoms with Gasteiger partial charge in [0.15, 0.2) is 5.13 Å². The zero-order chi connectivity index (χ0) is 14.8. The van der Waals surface area contributed by atoms with Gasteiger partial charge in [0.05, 0.1) is 10.2 Å². The molecule has 0 aliphatic heterocycles. The molecule has 0 unspecified atom stereocenters. The summed E-state index contributed by atoms with van der Waals surface area (Å²) in [6, 6.07) is 11.3. The molecule has 3 rings (SSSR count). The number of hydrogen-bond donors (Lipinski definition) is 1. The van der Waals surface area contributed by atoms with Gasteiger partial charge in [0, 0.05) is 21.6 Å². The molecule has 0 saturated carbocycles. The van der Waals surface area contributed by atoms with E-state index in [-0.39, 0.29) is 0 Å². The summed E-state index contributed by atoms with van der Waals surface area (Å²) in [6.45, 7) is 0.759. The van der Waals surface area contributed by atoms with Crippen molar-refractivity contribution < 1.29 is 0 Å². The highest BCUT2D eigenvalue weighted by molar-refractivity contribution is 7.22. The van der Waals surface area contributed by atoms with Crippen molar-refractivity contribution in [3.63, 3.8) is 0 Å². The van der Waals surface area contributed by atoms with Crippen LogP contribution in [0.3, 0.4) is 0 Å². The van der Waals surface area contributed by atoms with Gasteiger partial charge in [0.2, 0.25) is 0 Å². The van der Waals surface area contributed by atoms with Gasteiger partial charge in [0.25, 0.3) is 0 Å². The first-order valence-corrected chi connectivity index (χ1v) is 8.31. The van der Waals surface area contributed by atoms with Crippen molar-refractivity contribution in [3.05, 3.63) is 57.0 Å². The molecular weight excluding hydrogens is 347 g/mol. The van der Waals surface area contributed by atoms with Crippen LogP contribution in [0.15, 0.2) is 36.4 Å². The molecule has 0 aliphatic rings. The number of thiazole rings is 1. The second kappa shape index (κ2) is 6.41. The van der Waals surface area contributed by atoms with E-state index < -0.39 is 0 Å². The maximum absolute atomic E-state index is 6.15. The van der Waals surface area contributed by atoms with Crippen LogP contribution in [0, 0.1) is 0 Å². The van der Waals surface area contributed by atoms with Crippen molar-refractivity contribution >= 4 is 61.5 Å². The van der Waals surface area contributed by atoms with Crippen LogP contribution in [0.1, 0.15) is 5.56 Å². The second-order valence-corrected chi connectivity index (χ2v) is 6.85. The quantitative estimate of drug-likeness (QED) is 0.627. The Balaban J connectivity index is 1.66. The summed E-state index contributed by atoms with van der Waals surface area (Å²) in [5.41, 5.74) is 2.02. The van der Waals surface area contributed by atoms with Gasteiger partial charge in [-0.25, -0.2) is 4.98 Å². The highest BCUT2D eigenvalue weighted by Crippen LogP contribution is 2.28. The second-order valence-electron chi connectivity index (χ2n) is 4.54. The number of nitrogens with one attached hydrogen (secondary N) is 1. The average molecular weight is 358 g/mol. The van der Waals surface area contributed by atoms with E-state index in [1.807, 2.05) is 30.3 Å². The molecule has 0 amide bonds. The third-order valence-electron chi connectivity index (χ3n) is 3.04. The molecular formula is C15H11Cl3N2S. The molecule has 2 nitrogen and oxygen atoms in total. The first-order chi connectivity index (χ1) is 10.1. The highest BCUT2D eigenvalue weighted by Gasteiger charge is 2.05. The number of aromatic nitrogens is 1. The van der Waals surface area contributed by atoms with Crippen LogP contribution in [0.2, 0.25) is 15.1 Å². The minimum Gasteiger partial charge on any atom is -0.361 e. The van der Waals surface area contributed by atoms with Gasteiger partial charge < -0.3 is 5.32 Å². The monoisotopic (exact) mass is 356 g/mol. The molecule has 3 aromatic rings. The van der Waals surface area contributed by atoms with E-state index in [0.29, 0.717) is 10.0 Å². The lowest BCUT2D eigenvalue weighted by Gasteiger charge is -2.05. The van der Waals surface area contributed by atoms with Crippen molar-refractivity contribution in [2.75, 3.05) is 11.9 Å². The van der Waals surface area contributed by atoms with Crippen molar-refractivity contribution in [2.45, 2.75) is 6.42 Å². The van der Waals surface area contributed by atoms with Crippen LogP contribution in [-0.2, 0) is 6.42 Å². The minimum absolute atomic E-state index is 0.653. The van der Waals surface area contributed by atoms with Crippen molar-refractivity contribution in [1.82, 2.24) is 4.98 Å². The van der Waals surface area contributed by atoms with Crippen molar-refractivity contribution in [3.8, 4) is 0 Å². The first-order valence-electron chi connectivity index (χ1n) is 6.36. The van der Waals surface area contributed by atoms with Crippen LogP contribution in [0.5, 0.6) is 0 Å². The largest absolute Gasteiger partial charge is 0.361 e. The summed E-state index contributed by atoms with van der Waals surface area (Å²) in [5.74, 6) is 0. The molecule has 1 heterocycles. The lowest BCUT2D eigenvalue weighted by Crippen LogP contribution is -2.04. The van der Waals surface area contributed by atoms with E-state index in [9.17, 15) is 0 Å². The molecule has 6 heteroatoms. The SMILES string of the molecule is Clc1ccc(CCNc2nc3ccc(Cl)cc3s2)c(Cl)c1. The maximum Gasteiger partial charge on any atom is 0.183 e. The Labute approximate surface area is 141 Å². The molecule has 1 N–H and O–H groups in total. The number of nitrogens with zero attached hydrogens (tertiary/aromatic N) is 1. The summed E-state index contributed by atoms with van der Waals surface area (Å²) < 4.78 is 1.08. The van der Waals surface area contributed by atoms with Gasteiger partial charge in [-0.1, -0.05) is 52.2 Å². The van der Waals surface area contributed by atoms with Crippen LogP contribution in [0.25, 0.3) is 10.2 Å². The summed E-state index contributed by atoms with van der Waals surface area (Å²) >= 11 is 19.6. The smallest absolute Gasteiger partial charge is 0.183 e. The van der Waals surface area contributed by atoms with E-state index in [4.69, 9.17) is 34.8 Å². The Morgan fingerprint density at radius 1 is 1.00 bits per heavy atom. The molecule has 0 atom stereocenters. The average Bonchev–Trinajstić information content (AvgIpc) is 2.83. The minimum atomic E-state index is 0.653. The van der Waals surface area contributed by atoms with Gasteiger partial charge in [-0.2, -0.15) is 0 Å². The number of hydrogen-bond acceptors (Lipinski definition) is 3. The Hall–Kier alpha value is -1.000. The van der Waals surface area contributed by atoms with Gasteiger partial charge in [-0.3, -0.25) is 0 Å². The van der Waals surface area contributed by atoms with E-state index >= 15 is 0 Å². The summed E-state index contributed by atoms with van der Waals surface area (Å²) in [4.78, 5) is 4.52. The fraction of sp³-hybridized carbons (Fsp3) is 0.133. The Morgan fingerprint density at radius 2 is 1.76 bits per heavy atom. The molecule has 0 saturated heterocycles. The predicted octanol–water partition coefficient (Wildman–Crippen LogP) is 5.91. The van der Waals surface area contributed by atoms with Crippen molar-refractivity contribution in [1.29, 1.82) is 0 Å². The first kappa shape index (κ1) is 14.9. The van der Waals surface area contributed by atoms with Crippen molar-refractivity contribution in [2.24, 2.45) is 0 Å². The van der Waals surface area contributed by atoms with E-state index in [0.717, 1.165) is 38.9 Å². The molecule has 0 radical (unpaired) electrons. The number of benzene rings is 2. The molecule has 2 aromatic carbocycles. The van der Waals surface area contributed by atoms with Crippen LogP contribution in [-0.4, -0.2) is 11.5 Å². The zero-order valence-electron chi connectivity index (χ0n) is 10.9. The molecule has 21 heavy (non-hydrogen) atoms. The molecule has 0 bridgehead atoms. The third-order valence-corrected chi connectivity index (χ3v) is 4.83. The van der Waals surface area contributed by atoms with Gasteiger partial charge >= 0.3 is 0 Å². The standard InChI is InChI=1S/C15H11Cl3N2S/c16-10-2-1-9(12(18)7-10)5-6-19-15-20-13-4-3-11(17)8-14(13)21-15/h1-4,7-8H,5-6H2,(H,19,20). The predicted molar refractivity (Wildman–Crippen MR) is 93.3 cm³/mol. The van der Waals surface area contributed by atoms with Crippen LogP contribution < -0.4 is 5.32 Å². The summed E-state index contributed by atoms with van der Waals surface area (Å²) in [6.07, 6.45) is 0.812. The lowest BCUT2D eigenvalue weighted by molar-refractivity contribution is 1.02. The number of rotatable bonds is 4. The Kier molecular flexibility index (Phi) is 4.55. The topological polar surface area (TPSA) is 24.9 Å². The van der Waals surface area contributed by atoms with E-state index in [2.05, 4.69) is 10.3 Å². The summed E-state index contributed by atoms with van der Waals surface area (Å²) in [7, 11) is 0. The number of fused-ring (bicyclic) bond motifs is 1. The molecule has 0 spiro atoms. The van der Waals surface area contributed by atoms with Crippen LogP contribution in [0.4, 0.5) is 5.13 Å². The fourth-order valence-corrected chi connectivity index (χ4v) is 3.67. The maximum atomic E-state index is 6.15. The number of halogens is 3. The third kappa shape index (κ3) is 3.61. The van der Waals surface area contributed by atoms with Crippen LogP contribution >= 0.6 is 46.1 Å². The Morgan fingerprint density at radius 3 is 2.57 bits per heavy atom. The van der Waals surface area contributed by atoms with Gasteiger partial charge in [-0.05, 0) is 42.3 Å².